The van der Waals surface area contributed by atoms with Gasteiger partial charge < -0.3 is 4.52 Å². The predicted octanol–water partition coefficient (Wildman–Crippen LogP) is 5.72. The lowest BCUT2D eigenvalue weighted by Crippen LogP contribution is -2.23. The molecule has 3 aromatic carbocycles. The fourth-order valence-electron chi connectivity index (χ4n) is 3.41. The molecule has 0 radical (unpaired) electrons. The Morgan fingerprint density at radius 2 is 1.58 bits per heavy atom. The third-order valence-electron chi connectivity index (χ3n) is 5.02. The molecule has 5 rings (SSSR count). The zero-order chi connectivity index (χ0) is 21.5. The number of halogens is 2. The van der Waals surface area contributed by atoms with Crippen molar-refractivity contribution in [1.82, 2.24) is 19.9 Å². The lowest BCUT2D eigenvalue weighted by atomic mass is 10.1. The van der Waals surface area contributed by atoms with Gasteiger partial charge >= 0.3 is 0 Å². The average Bonchev–Trinajstić information content (AvgIpc) is 3.26. The van der Waals surface area contributed by atoms with Gasteiger partial charge in [0.15, 0.2) is 5.69 Å². The van der Waals surface area contributed by atoms with Crippen LogP contribution < -0.4 is 5.56 Å². The number of benzene rings is 3. The maximum absolute atomic E-state index is 13.2. The Morgan fingerprint density at radius 3 is 2.39 bits per heavy atom. The molecule has 6 nitrogen and oxygen atoms in total. The van der Waals surface area contributed by atoms with Gasteiger partial charge in [-0.1, -0.05) is 64.8 Å². The SMILES string of the molecule is Cc1c(Cl)cccc1-n1nc(-c2nc(-c3ccccc3Cl)no2)c2ccccc2c1=O. The number of aromatic nitrogens is 4. The van der Waals surface area contributed by atoms with Crippen LogP contribution in [0.5, 0.6) is 0 Å². The lowest BCUT2D eigenvalue weighted by molar-refractivity contribution is 0.430. The second-order valence-electron chi connectivity index (χ2n) is 6.90. The molecule has 0 aliphatic rings. The summed E-state index contributed by atoms with van der Waals surface area (Å²) >= 11 is 12.6. The van der Waals surface area contributed by atoms with Gasteiger partial charge in [-0.3, -0.25) is 4.79 Å². The second kappa shape index (κ2) is 7.65. The quantitative estimate of drug-likeness (QED) is 0.352. The smallest absolute Gasteiger partial charge is 0.279 e. The molecule has 0 fully saturated rings. The van der Waals surface area contributed by atoms with E-state index in [1.165, 1.54) is 4.68 Å². The van der Waals surface area contributed by atoms with Gasteiger partial charge in [0.25, 0.3) is 11.4 Å². The van der Waals surface area contributed by atoms with Crippen molar-refractivity contribution < 1.29 is 4.52 Å². The van der Waals surface area contributed by atoms with Crippen molar-refractivity contribution in [2.45, 2.75) is 6.92 Å². The summed E-state index contributed by atoms with van der Waals surface area (Å²) in [6, 6.07) is 19.7. The monoisotopic (exact) mass is 448 g/mol. The minimum Gasteiger partial charge on any atom is -0.332 e. The minimum absolute atomic E-state index is 0.180. The van der Waals surface area contributed by atoms with E-state index in [0.29, 0.717) is 43.6 Å². The van der Waals surface area contributed by atoms with Crippen molar-refractivity contribution >= 4 is 34.0 Å². The molecule has 0 unspecified atom stereocenters. The minimum atomic E-state index is -0.268. The van der Waals surface area contributed by atoms with Crippen LogP contribution in [0.4, 0.5) is 0 Å². The van der Waals surface area contributed by atoms with Crippen LogP contribution in [0, 0.1) is 6.92 Å². The van der Waals surface area contributed by atoms with Crippen LogP contribution >= 0.6 is 23.2 Å². The van der Waals surface area contributed by atoms with Gasteiger partial charge in [0, 0.05) is 16.0 Å². The van der Waals surface area contributed by atoms with E-state index >= 15 is 0 Å². The molecular formula is C23H14Cl2N4O2. The van der Waals surface area contributed by atoms with Crippen LogP contribution in [0.3, 0.4) is 0 Å². The first-order valence-corrected chi connectivity index (χ1v) is 10.2. The Labute approximate surface area is 186 Å². The first kappa shape index (κ1) is 19.5. The maximum Gasteiger partial charge on any atom is 0.279 e. The van der Waals surface area contributed by atoms with Gasteiger partial charge in [0.1, 0.15) is 0 Å². The van der Waals surface area contributed by atoms with Gasteiger partial charge in [-0.05, 0) is 42.8 Å². The summed E-state index contributed by atoms with van der Waals surface area (Å²) in [5, 5.41) is 10.8. The number of hydrogen-bond donors (Lipinski definition) is 0. The molecule has 0 N–H and O–H groups in total. The van der Waals surface area contributed by atoms with E-state index in [4.69, 9.17) is 27.7 Å². The molecule has 152 valence electrons. The lowest BCUT2D eigenvalue weighted by Gasteiger charge is -2.12. The molecule has 0 aliphatic carbocycles. The molecule has 2 aromatic heterocycles. The van der Waals surface area contributed by atoms with Crippen molar-refractivity contribution in [3.8, 4) is 28.7 Å². The third-order valence-corrected chi connectivity index (χ3v) is 5.75. The van der Waals surface area contributed by atoms with Gasteiger partial charge in [0.05, 0.1) is 16.1 Å². The fourth-order valence-corrected chi connectivity index (χ4v) is 3.80. The van der Waals surface area contributed by atoms with E-state index in [-0.39, 0.29) is 11.4 Å². The molecular weight excluding hydrogens is 435 g/mol. The molecule has 0 atom stereocenters. The fraction of sp³-hybridized carbons (Fsp3) is 0.0435. The molecule has 0 saturated carbocycles. The number of nitrogens with zero attached hydrogens (tertiary/aromatic N) is 4. The highest BCUT2D eigenvalue weighted by Crippen LogP contribution is 2.30. The van der Waals surface area contributed by atoms with Crippen molar-refractivity contribution in [2.75, 3.05) is 0 Å². The standard InChI is InChI=1S/C23H14Cl2N4O2/c1-13-17(24)11-6-12-19(13)29-23(30)15-8-3-2-7-14(15)20(27-29)22-26-21(28-31-22)16-9-4-5-10-18(16)25/h2-12H,1H3. The van der Waals surface area contributed by atoms with Gasteiger partial charge in [-0.2, -0.15) is 14.8 Å². The normalized spacial score (nSPS) is 11.2. The van der Waals surface area contributed by atoms with E-state index in [9.17, 15) is 4.79 Å². The van der Waals surface area contributed by atoms with Crippen LogP contribution in [0.2, 0.25) is 10.0 Å². The zero-order valence-corrected chi connectivity index (χ0v) is 17.7. The highest BCUT2D eigenvalue weighted by atomic mass is 35.5. The van der Waals surface area contributed by atoms with Crippen LogP contribution in [0.15, 0.2) is 76.0 Å². The summed E-state index contributed by atoms with van der Waals surface area (Å²) in [5.41, 5.74) is 2.08. The van der Waals surface area contributed by atoms with Crippen LogP contribution in [0.1, 0.15) is 5.56 Å². The van der Waals surface area contributed by atoms with Crippen molar-refractivity contribution in [2.24, 2.45) is 0 Å². The second-order valence-corrected chi connectivity index (χ2v) is 7.71. The molecule has 0 aliphatic heterocycles. The van der Waals surface area contributed by atoms with Crippen molar-refractivity contribution in [3.05, 3.63) is 92.7 Å². The summed E-state index contributed by atoms with van der Waals surface area (Å²) in [5.74, 6) is 0.516. The number of hydrogen-bond acceptors (Lipinski definition) is 5. The van der Waals surface area contributed by atoms with Gasteiger partial charge in [-0.15, -0.1) is 0 Å². The molecule has 0 saturated heterocycles. The summed E-state index contributed by atoms with van der Waals surface area (Å²) in [6.07, 6.45) is 0. The first-order chi connectivity index (χ1) is 15.0. The molecule has 8 heteroatoms. The average molecular weight is 449 g/mol. The van der Waals surface area contributed by atoms with Crippen molar-refractivity contribution in [1.29, 1.82) is 0 Å². The highest BCUT2D eigenvalue weighted by molar-refractivity contribution is 6.33. The van der Waals surface area contributed by atoms with Crippen LogP contribution in [0.25, 0.3) is 39.4 Å². The topological polar surface area (TPSA) is 73.8 Å². The van der Waals surface area contributed by atoms with Gasteiger partial charge in [0.2, 0.25) is 5.82 Å². The first-order valence-electron chi connectivity index (χ1n) is 9.41. The maximum atomic E-state index is 13.2. The molecule has 0 bridgehead atoms. The zero-order valence-electron chi connectivity index (χ0n) is 16.2. The Kier molecular flexibility index (Phi) is 4.81. The van der Waals surface area contributed by atoms with E-state index in [1.807, 2.05) is 25.1 Å². The third kappa shape index (κ3) is 3.30. The predicted molar refractivity (Wildman–Crippen MR) is 121 cm³/mol. The van der Waals surface area contributed by atoms with Crippen LogP contribution in [-0.2, 0) is 0 Å². The Hall–Kier alpha value is -3.48. The van der Waals surface area contributed by atoms with E-state index in [1.54, 1.807) is 48.5 Å². The van der Waals surface area contributed by atoms with Gasteiger partial charge in [-0.25, -0.2) is 0 Å². The number of rotatable bonds is 3. The largest absolute Gasteiger partial charge is 0.332 e. The van der Waals surface area contributed by atoms with Crippen molar-refractivity contribution in [3.63, 3.8) is 0 Å². The summed E-state index contributed by atoms with van der Waals surface area (Å²) in [7, 11) is 0. The Balaban J connectivity index is 1.77. The molecule has 31 heavy (non-hydrogen) atoms. The van der Waals surface area contributed by atoms with Crippen LogP contribution in [-0.4, -0.2) is 19.9 Å². The Morgan fingerprint density at radius 1 is 0.871 bits per heavy atom. The number of fused-ring (bicyclic) bond motifs is 1. The summed E-state index contributed by atoms with van der Waals surface area (Å²) in [6.45, 7) is 1.84. The van der Waals surface area contributed by atoms with E-state index < -0.39 is 0 Å². The summed E-state index contributed by atoms with van der Waals surface area (Å²) in [4.78, 5) is 17.7. The van der Waals surface area contributed by atoms with E-state index in [2.05, 4.69) is 15.2 Å². The summed E-state index contributed by atoms with van der Waals surface area (Å²) < 4.78 is 6.85. The highest BCUT2D eigenvalue weighted by Gasteiger charge is 2.20. The molecule has 0 spiro atoms. The van der Waals surface area contributed by atoms with E-state index in [0.717, 1.165) is 5.56 Å². The molecule has 5 aromatic rings. The molecule has 0 amide bonds. The molecule has 2 heterocycles. The Bertz CT molecular complexity index is 1510.